The van der Waals surface area contributed by atoms with Crippen LogP contribution in [0.1, 0.15) is 37.9 Å². The van der Waals surface area contributed by atoms with Crippen molar-refractivity contribution in [1.29, 1.82) is 0 Å². The molecule has 0 bridgehead atoms. The molecule has 2 heterocycles. The maximum atomic E-state index is 5.82. The quantitative estimate of drug-likeness (QED) is 0.885. The normalized spacial score (nSPS) is 11.4. The smallest absolute Gasteiger partial charge is 0.226 e. The molecule has 0 spiro atoms. The van der Waals surface area contributed by atoms with E-state index in [4.69, 9.17) is 10.3 Å². The molecule has 0 aromatic carbocycles. The lowest BCUT2D eigenvalue weighted by Gasteiger charge is -2.04. The fourth-order valence-corrected chi connectivity index (χ4v) is 2.06. The number of nitrogens with two attached hydrogens (primary N) is 1. The molecular weight excluding hydrogens is 216 g/mol. The van der Waals surface area contributed by atoms with Crippen molar-refractivity contribution < 1.29 is 4.52 Å². The minimum atomic E-state index is 0.279. The Bertz CT molecular complexity index is 525. The Labute approximate surface area is 101 Å². The minimum Gasteiger partial charge on any atom is -0.367 e. The van der Waals surface area contributed by atoms with Gasteiger partial charge in [0.15, 0.2) is 0 Å². The van der Waals surface area contributed by atoms with Gasteiger partial charge in [0, 0.05) is 24.4 Å². The molecule has 2 rings (SSSR count). The van der Waals surface area contributed by atoms with E-state index in [1.54, 1.807) is 4.68 Å². The lowest BCUT2D eigenvalue weighted by atomic mass is 9.98. The van der Waals surface area contributed by atoms with Crippen LogP contribution >= 0.6 is 0 Å². The van der Waals surface area contributed by atoms with Crippen molar-refractivity contribution in [1.82, 2.24) is 14.9 Å². The van der Waals surface area contributed by atoms with E-state index < -0.39 is 0 Å². The van der Waals surface area contributed by atoms with Gasteiger partial charge in [-0.1, -0.05) is 25.9 Å². The highest BCUT2D eigenvalue weighted by Gasteiger charge is 2.21. The Balaban J connectivity index is 2.60. The van der Waals surface area contributed by atoms with Gasteiger partial charge in [0.25, 0.3) is 0 Å². The van der Waals surface area contributed by atoms with Gasteiger partial charge in [0.2, 0.25) is 5.88 Å². The first kappa shape index (κ1) is 11.7. The van der Waals surface area contributed by atoms with E-state index in [2.05, 4.69) is 31.0 Å². The molecule has 0 radical (unpaired) electrons. The first-order valence-electron chi connectivity index (χ1n) is 5.82. The number of rotatable bonds is 3. The fraction of sp³-hybridized carbons (Fsp3) is 0.500. The van der Waals surface area contributed by atoms with Crippen molar-refractivity contribution in [2.45, 2.75) is 33.1 Å². The van der Waals surface area contributed by atoms with Crippen molar-refractivity contribution in [3.63, 3.8) is 0 Å². The molecule has 0 saturated heterocycles. The van der Waals surface area contributed by atoms with Crippen LogP contribution in [0, 0.1) is 0 Å². The van der Waals surface area contributed by atoms with Gasteiger partial charge in [-0.2, -0.15) is 5.10 Å². The maximum Gasteiger partial charge on any atom is 0.226 e. The third-order valence-corrected chi connectivity index (χ3v) is 2.83. The van der Waals surface area contributed by atoms with Gasteiger partial charge in [-0.25, -0.2) is 0 Å². The van der Waals surface area contributed by atoms with E-state index in [1.165, 1.54) is 0 Å². The van der Waals surface area contributed by atoms with Crippen molar-refractivity contribution in [3.8, 4) is 11.3 Å². The molecule has 17 heavy (non-hydrogen) atoms. The Kier molecular flexibility index (Phi) is 2.92. The summed E-state index contributed by atoms with van der Waals surface area (Å²) in [5.74, 6) is 0.682. The van der Waals surface area contributed by atoms with E-state index in [0.29, 0.717) is 5.88 Å². The molecule has 2 aromatic rings. The van der Waals surface area contributed by atoms with Crippen molar-refractivity contribution in [2.24, 2.45) is 7.05 Å². The number of nitrogen functional groups attached to an aromatic ring is 1. The summed E-state index contributed by atoms with van der Waals surface area (Å²) in [7, 11) is 1.90. The van der Waals surface area contributed by atoms with Crippen LogP contribution in [-0.2, 0) is 13.5 Å². The van der Waals surface area contributed by atoms with Crippen LogP contribution in [0.15, 0.2) is 10.7 Å². The molecule has 5 nitrogen and oxygen atoms in total. The second-order valence-electron chi connectivity index (χ2n) is 4.48. The molecule has 0 atom stereocenters. The standard InChI is InChI=1S/C12H18N4O/c1-5-9-8(6-16(4)14-9)11-10(7(2)3)12(13)17-15-11/h6-7H,5,13H2,1-4H3. The fourth-order valence-electron chi connectivity index (χ4n) is 2.06. The molecule has 0 saturated carbocycles. The van der Waals surface area contributed by atoms with Gasteiger partial charge >= 0.3 is 0 Å². The predicted octanol–water partition coefficient (Wildman–Crippen LogP) is 2.34. The third kappa shape index (κ3) is 1.92. The second-order valence-corrected chi connectivity index (χ2v) is 4.48. The molecule has 2 N–H and O–H groups in total. The number of aryl methyl sites for hydroxylation is 2. The lowest BCUT2D eigenvalue weighted by Crippen LogP contribution is -1.95. The van der Waals surface area contributed by atoms with Gasteiger partial charge in [-0.3, -0.25) is 4.68 Å². The van der Waals surface area contributed by atoms with E-state index >= 15 is 0 Å². The number of anilines is 1. The molecule has 0 amide bonds. The van der Waals surface area contributed by atoms with Crippen LogP contribution in [0.2, 0.25) is 0 Å². The van der Waals surface area contributed by atoms with Crippen LogP contribution in [0.25, 0.3) is 11.3 Å². The van der Waals surface area contributed by atoms with Crippen molar-refractivity contribution >= 4 is 5.88 Å². The zero-order valence-corrected chi connectivity index (χ0v) is 10.7. The van der Waals surface area contributed by atoms with E-state index in [9.17, 15) is 0 Å². The van der Waals surface area contributed by atoms with Crippen molar-refractivity contribution in [2.75, 3.05) is 5.73 Å². The van der Waals surface area contributed by atoms with E-state index in [1.807, 2.05) is 13.2 Å². The zero-order valence-electron chi connectivity index (χ0n) is 10.7. The largest absolute Gasteiger partial charge is 0.367 e. The Morgan fingerprint density at radius 1 is 1.47 bits per heavy atom. The summed E-state index contributed by atoms with van der Waals surface area (Å²) in [5, 5.41) is 8.49. The maximum absolute atomic E-state index is 5.82. The van der Waals surface area contributed by atoms with Crippen LogP contribution in [0.3, 0.4) is 0 Å². The zero-order chi connectivity index (χ0) is 12.6. The highest BCUT2D eigenvalue weighted by molar-refractivity contribution is 5.69. The van der Waals surface area contributed by atoms with Crippen LogP contribution < -0.4 is 5.73 Å². The average Bonchev–Trinajstić information content (AvgIpc) is 2.80. The van der Waals surface area contributed by atoms with Crippen molar-refractivity contribution in [3.05, 3.63) is 17.5 Å². The summed E-state index contributed by atoms with van der Waals surface area (Å²) in [6, 6.07) is 0. The number of nitrogens with zero attached hydrogens (tertiary/aromatic N) is 3. The second kappa shape index (κ2) is 4.24. The third-order valence-electron chi connectivity index (χ3n) is 2.83. The summed E-state index contributed by atoms with van der Waals surface area (Å²) < 4.78 is 6.91. The van der Waals surface area contributed by atoms with Gasteiger partial charge in [0.1, 0.15) is 5.69 Å². The molecule has 0 aliphatic heterocycles. The van der Waals surface area contributed by atoms with Gasteiger partial charge in [-0.15, -0.1) is 0 Å². The predicted molar refractivity (Wildman–Crippen MR) is 66.6 cm³/mol. The molecule has 0 aliphatic carbocycles. The summed E-state index contributed by atoms with van der Waals surface area (Å²) in [4.78, 5) is 0. The minimum absolute atomic E-state index is 0.279. The Morgan fingerprint density at radius 3 is 2.76 bits per heavy atom. The van der Waals surface area contributed by atoms with E-state index in [0.717, 1.165) is 28.9 Å². The topological polar surface area (TPSA) is 69.9 Å². The van der Waals surface area contributed by atoms with Crippen LogP contribution in [0.5, 0.6) is 0 Å². The molecule has 0 aliphatic rings. The molecule has 2 aromatic heterocycles. The van der Waals surface area contributed by atoms with Gasteiger partial charge in [-0.05, 0) is 12.3 Å². The lowest BCUT2D eigenvalue weighted by molar-refractivity contribution is 0.438. The highest BCUT2D eigenvalue weighted by Crippen LogP contribution is 2.34. The monoisotopic (exact) mass is 234 g/mol. The highest BCUT2D eigenvalue weighted by atomic mass is 16.5. The van der Waals surface area contributed by atoms with Gasteiger partial charge in [0.05, 0.1) is 5.69 Å². The van der Waals surface area contributed by atoms with E-state index in [-0.39, 0.29) is 5.92 Å². The average molecular weight is 234 g/mol. The SMILES string of the molecule is CCc1nn(C)cc1-c1noc(N)c1C(C)C. The summed E-state index contributed by atoms with van der Waals surface area (Å²) in [6.07, 6.45) is 2.82. The first-order chi connectivity index (χ1) is 8.04. The van der Waals surface area contributed by atoms with Gasteiger partial charge < -0.3 is 10.3 Å². The number of aromatic nitrogens is 3. The molecule has 5 heteroatoms. The number of hydrogen-bond acceptors (Lipinski definition) is 4. The molecular formula is C12H18N4O. The summed E-state index contributed by atoms with van der Waals surface area (Å²) >= 11 is 0. The first-order valence-corrected chi connectivity index (χ1v) is 5.82. The van der Waals surface area contributed by atoms with Crippen LogP contribution in [-0.4, -0.2) is 14.9 Å². The molecule has 92 valence electrons. The van der Waals surface area contributed by atoms with Crippen LogP contribution in [0.4, 0.5) is 5.88 Å². The molecule has 0 unspecified atom stereocenters. The summed E-state index contributed by atoms with van der Waals surface area (Å²) in [6.45, 7) is 6.23. The Hall–Kier alpha value is -1.78. The summed E-state index contributed by atoms with van der Waals surface area (Å²) in [5.41, 5.74) is 9.64. The molecule has 0 fully saturated rings. The Morgan fingerprint density at radius 2 is 2.18 bits per heavy atom. The number of hydrogen-bond donors (Lipinski definition) is 1.